The van der Waals surface area contributed by atoms with E-state index in [4.69, 9.17) is 0 Å². The first-order chi connectivity index (χ1) is 12.2. The molecular formula is C21H19N3O. The quantitative estimate of drug-likeness (QED) is 0.566. The number of fused-ring (bicyclic) bond motifs is 4. The molecule has 1 amide bonds. The van der Waals surface area contributed by atoms with E-state index in [9.17, 15) is 4.79 Å². The van der Waals surface area contributed by atoms with Crippen LogP contribution in [0.4, 0.5) is 0 Å². The van der Waals surface area contributed by atoms with Crippen LogP contribution in [-0.4, -0.2) is 26.9 Å². The molecule has 0 saturated heterocycles. The normalized spacial score (nSPS) is 14.2. The molecule has 2 aromatic carbocycles. The highest BCUT2D eigenvalue weighted by Gasteiger charge is 2.26. The molecule has 0 radical (unpaired) electrons. The Hall–Kier alpha value is -3.01. The summed E-state index contributed by atoms with van der Waals surface area (Å²) in [5.41, 5.74) is 5.57. The summed E-state index contributed by atoms with van der Waals surface area (Å²) in [6.07, 6.45) is 2.83. The summed E-state index contributed by atoms with van der Waals surface area (Å²) in [6, 6.07) is 16.4. The standard InChI is InChI=1S/C21H19N3O/c1-23-12-17(15-7-3-5-9-20(15)23)21(25)24-11-10-19-16(13-24)14-6-2-4-8-18(14)22-19/h2-9,12,22H,10-11,13H2,1H3. The minimum Gasteiger partial charge on any atom is -0.358 e. The molecule has 0 fully saturated rings. The molecule has 25 heavy (non-hydrogen) atoms. The summed E-state index contributed by atoms with van der Waals surface area (Å²) in [5.74, 6) is 0.118. The van der Waals surface area contributed by atoms with Gasteiger partial charge in [0.2, 0.25) is 0 Å². The first kappa shape index (κ1) is 14.3. The van der Waals surface area contributed by atoms with Gasteiger partial charge in [0.15, 0.2) is 0 Å². The first-order valence-electron chi connectivity index (χ1n) is 8.64. The predicted octanol–water partition coefficient (Wildman–Crippen LogP) is 3.86. The number of benzene rings is 2. The van der Waals surface area contributed by atoms with E-state index in [1.165, 1.54) is 16.6 Å². The van der Waals surface area contributed by atoms with E-state index in [2.05, 4.69) is 29.2 Å². The van der Waals surface area contributed by atoms with Crippen molar-refractivity contribution in [3.8, 4) is 0 Å². The number of nitrogens with zero attached hydrogens (tertiary/aromatic N) is 2. The van der Waals surface area contributed by atoms with Gasteiger partial charge in [0.05, 0.1) is 5.56 Å². The molecule has 0 saturated carbocycles. The maximum Gasteiger partial charge on any atom is 0.256 e. The molecule has 1 aliphatic rings. The van der Waals surface area contributed by atoms with Gasteiger partial charge in [-0.25, -0.2) is 0 Å². The maximum absolute atomic E-state index is 13.2. The summed E-state index contributed by atoms with van der Waals surface area (Å²) in [7, 11) is 1.99. The number of aromatic nitrogens is 2. The van der Waals surface area contributed by atoms with E-state index in [0.717, 1.165) is 34.9 Å². The fourth-order valence-electron chi connectivity index (χ4n) is 4.02. The van der Waals surface area contributed by atoms with Crippen molar-refractivity contribution in [1.82, 2.24) is 14.5 Å². The number of hydrogen-bond donors (Lipinski definition) is 1. The van der Waals surface area contributed by atoms with E-state index in [1.807, 2.05) is 47.0 Å². The fraction of sp³-hybridized carbons (Fsp3) is 0.190. The van der Waals surface area contributed by atoms with Gasteiger partial charge >= 0.3 is 0 Å². The molecule has 3 heterocycles. The Labute approximate surface area is 145 Å². The molecule has 5 rings (SSSR count). The van der Waals surface area contributed by atoms with Crippen LogP contribution in [0.1, 0.15) is 21.6 Å². The predicted molar refractivity (Wildman–Crippen MR) is 99.7 cm³/mol. The number of rotatable bonds is 1. The van der Waals surface area contributed by atoms with Crippen molar-refractivity contribution >= 4 is 27.7 Å². The van der Waals surface area contributed by atoms with Crippen molar-refractivity contribution in [2.45, 2.75) is 13.0 Å². The van der Waals surface area contributed by atoms with Crippen molar-refractivity contribution < 1.29 is 4.79 Å². The summed E-state index contributed by atoms with van der Waals surface area (Å²) in [4.78, 5) is 18.7. The van der Waals surface area contributed by atoms with E-state index >= 15 is 0 Å². The molecule has 124 valence electrons. The van der Waals surface area contributed by atoms with E-state index in [-0.39, 0.29) is 5.91 Å². The van der Waals surface area contributed by atoms with Crippen LogP contribution in [0.5, 0.6) is 0 Å². The second kappa shape index (κ2) is 5.24. The Balaban J connectivity index is 1.55. The minimum absolute atomic E-state index is 0.118. The summed E-state index contributed by atoms with van der Waals surface area (Å²) in [5, 5.41) is 2.26. The second-order valence-electron chi connectivity index (χ2n) is 6.78. The van der Waals surface area contributed by atoms with Crippen LogP contribution < -0.4 is 0 Å². The maximum atomic E-state index is 13.2. The third-order valence-electron chi connectivity index (χ3n) is 5.30. The Morgan fingerprint density at radius 2 is 1.80 bits per heavy atom. The van der Waals surface area contributed by atoms with Crippen molar-refractivity contribution in [2.75, 3.05) is 6.54 Å². The Morgan fingerprint density at radius 3 is 2.68 bits per heavy atom. The lowest BCUT2D eigenvalue weighted by Crippen LogP contribution is -2.35. The highest BCUT2D eigenvalue weighted by Crippen LogP contribution is 2.29. The van der Waals surface area contributed by atoms with Crippen LogP contribution in [0, 0.1) is 0 Å². The van der Waals surface area contributed by atoms with Crippen molar-refractivity contribution in [2.24, 2.45) is 7.05 Å². The fourth-order valence-corrected chi connectivity index (χ4v) is 4.02. The topological polar surface area (TPSA) is 41.0 Å². The zero-order valence-corrected chi connectivity index (χ0v) is 14.1. The van der Waals surface area contributed by atoms with E-state index in [1.54, 1.807) is 0 Å². The van der Waals surface area contributed by atoms with Gasteiger partial charge < -0.3 is 14.5 Å². The molecule has 0 spiro atoms. The lowest BCUT2D eigenvalue weighted by Gasteiger charge is -2.27. The van der Waals surface area contributed by atoms with Crippen molar-refractivity contribution in [3.05, 3.63) is 71.5 Å². The van der Waals surface area contributed by atoms with Gasteiger partial charge in [0.25, 0.3) is 5.91 Å². The number of H-pyrrole nitrogens is 1. The van der Waals surface area contributed by atoms with Crippen LogP contribution in [0.3, 0.4) is 0 Å². The van der Waals surface area contributed by atoms with Gasteiger partial charge in [-0.2, -0.15) is 0 Å². The smallest absolute Gasteiger partial charge is 0.256 e. The number of aromatic amines is 1. The van der Waals surface area contributed by atoms with Gasteiger partial charge in [-0.3, -0.25) is 4.79 Å². The lowest BCUT2D eigenvalue weighted by molar-refractivity contribution is 0.0737. The molecule has 1 N–H and O–H groups in total. The molecule has 0 atom stereocenters. The molecule has 4 heteroatoms. The summed E-state index contributed by atoms with van der Waals surface area (Å²) in [6.45, 7) is 1.42. The van der Waals surface area contributed by atoms with Gasteiger partial charge in [-0.05, 0) is 12.1 Å². The molecule has 1 aliphatic heterocycles. The van der Waals surface area contributed by atoms with Crippen molar-refractivity contribution in [1.29, 1.82) is 0 Å². The number of aryl methyl sites for hydroxylation is 1. The number of carbonyl (C=O) groups is 1. The van der Waals surface area contributed by atoms with Gasteiger partial charge in [0.1, 0.15) is 0 Å². The Kier molecular flexibility index (Phi) is 3.01. The molecule has 4 nitrogen and oxygen atoms in total. The molecule has 0 aliphatic carbocycles. The van der Waals surface area contributed by atoms with Crippen LogP contribution in [0.15, 0.2) is 54.7 Å². The second-order valence-corrected chi connectivity index (χ2v) is 6.78. The highest BCUT2D eigenvalue weighted by atomic mass is 16.2. The van der Waals surface area contributed by atoms with Gasteiger partial charge in [-0.1, -0.05) is 36.4 Å². The highest BCUT2D eigenvalue weighted by molar-refractivity contribution is 6.07. The molecular weight excluding hydrogens is 310 g/mol. The zero-order valence-electron chi connectivity index (χ0n) is 14.1. The van der Waals surface area contributed by atoms with Crippen LogP contribution in [0.2, 0.25) is 0 Å². The number of amides is 1. The largest absolute Gasteiger partial charge is 0.358 e. The Bertz CT molecular complexity index is 1120. The zero-order chi connectivity index (χ0) is 17.0. The molecule has 0 bridgehead atoms. The van der Waals surface area contributed by atoms with E-state index < -0.39 is 0 Å². The van der Waals surface area contributed by atoms with Crippen molar-refractivity contribution in [3.63, 3.8) is 0 Å². The average Bonchev–Trinajstić information content (AvgIpc) is 3.19. The SMILES string of the molecule is Cn1cc(C(=O)N2CCc3[nH]c4ccccc4c3C2)c2ccccc21. The molecule has 2 aromatic heterocycles. The third kappa shape index (κ3) is 2.10. The first-order valence-corrected chi connectivity index (χ1v) is 8.64. The number of para-hydroxylation sites is 2. The van der Waals surface area contributed by atoms with Gasteiger partial charge in [0, 0.05) is 65.8 Å². The van der Waals surface area contributed by atoms with E-state index in [0.29, 0.717) is 6.54 Å². The molecule has 4 aromatic rings. The average molecular weight is 329 g/mol. The summed E-state index contributed by atoms with van der Waals surface area (Å²) < 4.78 is 2.03. The Morgan fingerprint density at radius 1 is 1.04 bits per heavy atom. The number of hydrogen-bond acceptors (Lipinski definition) is 1. The monoisotopic (exact) mass is 329 g/mol. The minimum atomic E-state index is 0.118. The number of carbonyl (C=O) groups excluding carboxylic acids is 1. The van der Waals surface area contributed by atoms with Crippen LogP contribution in [0.25, 0.3) is 21.8 Å². The number of nitrogens with one attached hydrogen (secondary N) is 1. The lowest BCUT2D eigenvalue weighted by atomic mass is 10.0. The van der Waals surface area contributed by atoms with Crippen LogP contribution in [-0.2, 0) is 20.0 Å². The molecule has 0 unspecified atom stereocenters. The van der Waals surface area contributed by atoms with Crippen LogP contribution >= 0.6 is 0 Å². The third-order valence-corrected chi connectivity index (χ3v) is 5.30. The summed E-state index contributed by atoms with van der Waals surface area (Å²) >= 11 is 0. The van der Waals surface area contributed by atoms with Gasteiger partial charge in [-0.15, -0.1) is 0 Å².